The number of carbonyl (C=O) groups excluding carboxylic acids is 2. The fourth-order valence-corrected chi connectivity index (χ4v) is 4.20. The second-order valence-electron chi connectivity index (χ2n) is 8.44. The average Bonchev–Trinajstić information content (AvgIpc) is 3.27. The van der Waals surface area contributed by atoms with Crippen LogP contribution in [0.15, 0.2) is 72.8 Å². The molecule has 0 saturated heterocycles. The molecule has 0 aliphatic carbocycles. The number of ether oxygens (including phenoxy) is 1. The maximum Gasteiger partial charge on any atom is 0.429 e. The van der Waals surface area contributed by atoms with E-state index in [1.54, 1.807) is 31.2 Å². The molecule has 6 heteroatoms. The molecule has 176 valence electrons. The number of rotatable bonds is 8. The van der Waals surface area contributed by atoms with E-state index in [1.165, 1.54) is 17.1 Å². The van der Waals surface area contributed by atoms with Crippen molar-refractivity contribution in [2.45, 2.75) is 39.2 Å². The molecule has 34 heavy (non-hydrogen) atoms. The molecule has 0 bridgehead atoms. The van der Waals surface area contributed by atoms with Crippen LogP contribution in [0.1, 0.15) is 42.6 Å². The lowest BCUT2D eigenvalue weighted by atomic mass is 10.0. The van der Waals surface area contributed by atoms with E-state index in [2.05, 4.69) is 0 Å². The summed E-state index contributed by atoms with van der Waals surface area (Å²) in [6.07, 6.45) is 1.86. The first-order valence-electron chi connectivity index (χ1n) is 11.7. The Labute approximate surface area is 199 Å². The second-order valence-corrected chi connectivity index (χ2v) is 8.44. The first-order valence-corrected chi connectivity index (χ1v) is 11.7. The minimum atomic E-state index is -0.753. The molecule has 1 heterocycles. The normalized spacial score (nSPS) is 13.3. The number of nitrogens with zero attached hydrogens (tertiary/aromatic N) is 2. The summed E-state index contributed by atoms with van der Waals surface area (Å²) in [5.74, 6) is -0.447. The first kappa shape index (κ1) is 23.5. The monoisotopic (exact) mass is 460 g/mol. The number of carbonyl (C=O) groups is 2. The Balaban J connectivity index is 1.68. The summed E-state index contributed by atoms with van der Waals surface area (Å²) in [6.45, 7) is 4.62. The van der Waals surface area contributed by atoms with E-state index in [0.717, 1.165) is 41.6 Å². The second kappa shape index (κ2) is 10.5. The molecule has 3 aromatic carbocycles. The zero-order valence-corrected chi connectivity index (χ0v) is 19.5. The molecule has 1 atom stereocenters. The largest absolute Gasteiger partial charge is 0.448 e. The molecule has 0 saturated carbocycles. The Kier molecular flexibility index (Phi) is 7.26. The molecule has 1 aliphatic rings. The van der Waals surface area contributed by atoms with Crippen molar-refractivity contribution in [3.63, 3.8) is 0 Å². The molecule has 0 aromatic heterocycles. The van der Waals surface area contributed by atoms with E-state index >= 15 is 0 Å². The Hall–Kier alpha value is -3.67. The Bertz CT molecular complexity index is 1150. The van der Waals surface area contributed by atoms with Crippen LogP contribution in [0.25, 0.3) is 11.1 Å². The van der Waals surface area contributed by atoms with Crippen molar-refractivity contribution in [2.75, 3.05) is 18.2 Å². The van der Waals surface area contributed by atoms with Crippen molar-refractivity contribution in [1.29, 1.82) is 0 Å². The highest BCUT2D eigenvalue weighted by molar-refractivity contribution is 6.01. The summed E-state index contributed by atoms with van der Waals surface area (Å²) in [6, 6.07) is 20.6. The van der Waals surface area contributed by atoms with Crippen LogP contribution in [0.5, 0.6) is 0 Å². The third-order valence-corrected chi connectivity index (χ3v) is 6.11. The van der Waals surface area contributed by atoms with Gasteiger partial charge in [0.05, 0.1) is 12.3 Å². The zero-order valence-electron chi connectivity index (χ0n) is 19.5. The van der Waals surface area contributed by atoms with Gasteiger partial charge in [0.1, 0.15) is 11.9 Å². The average molecular weight is 461 g/mol. The maximum absolute atomic E-state index is 13.4. The smallest absolute Gasteiger partial charge is 0.429 e. The summed E-state index contributed by atoms with van der Waals surface area (Å²) in [7, 11) is 0. The van der Waals surface area contributed by atoms with Crippen molar-refractivity contribution < 1.29 is 18.7 Å². The highest BCUT2D eigenvalue weighted by atomic mass is 19.1. The van der Waals surface area contributed by atoms with Crippen LogP contribution in [0.3, 0.4) is 0 Å². The van der Waals surface area contributed by atoms with Gasteiger partial charge in [-0.25, -0.2) is 14.2 Å². The molecular formula is C28H29FN2O3. The van der Waals surface area contributed by atoms with Crippen molar-refractivity contribution in [3.8, 4) is 11.1 Å². The van der Waals surface area contributed by atoms with Crippen molar-refractivity contribution in [2.24, 2.45) is 0 Å². The van der Waals surface area contributed by atoms with Gasteiger partial charge >= 0.3 is 6.09 Å². The van der Waals surface area contributed by atoms with E-state index in [0.29, 0.717) is 18.7 Å². The maximum atomic E-state index is 13.4. The molecule has 0 spiro atoms. The van der Waals surface area contributed by atoms with Gasteiger partial charge in [-0.05, 0) is 54.7 Å². The van der Waals surface area contributed by atoms with Gasteiger partial charge in [0, 0.05) is 12.1 Å². The van der Waals surface area contributed by atoms with Crippen molar-refractivity contribution in [1.82, 2.24) is 5.01 Å². The summed E-state index contributed by atoms with van der Waals surface area (Å²) in [4.78, 5) is 26.6. The highest BCUT2D eigenvalue weighted by Crippen LogP contribution is 2.35. The topological polar surface area (TPSA) is 49.9 Å². The minimum absolute atomic E-state index is 0.156. The van der Waals surface area contributed by atoms with E-state index < -0.39 is 12.1 Å². The van der Waals surface area contributed by atoms with Gasteiger partial charge in [0.2, 0.25) is 0 Å². The minimum Gasteiger partial charge on any atom is -0.448 e. The fraction of sp³-hybridized carbons (Fsp3) is 0.286. The SMILES string of the molecule is CCCCOC(=O)N(C(C)C(=O)c1ccccc1)N1CCc2ccc(-c3ccc(F)cc3)cc21. The third kappa shape index (κ3) is 4.96. The number of ketones is 1. The van der Waals surface area contributed by atoms with Crippen LogP contribution in [-0.2, 0) is 11.2 Å². The number of amides is 1. The van der Waals surface area contributed by atoms with Gasteiger partial charge in [0.25, 0.3) is 0 Å². The summed E-state index contributed by atoms with van der Waals surface area (Å²) >= 11 is 0. The number of anilines is 1. The molecule has 5 nitrogen and oxygen atoms in total. The number of halogens is 1. The van der Waals surface area contributed by atoms with Crippen LogP contribution in [0, 0.1) is 5.82 Å². The number of hydrazine groups is 1. The summed E-state index contributed by atoms with van der Waals surface area (Å²) < 4.78 is 19.0. The predicted octanol–water partition coefficient (Wildman–Crippen LogP) is 6.28. The first-order chi connectivity index (χ1) is 16.5. The van der Waals surface area contributed by atoms with Crippen molar-refractivity contribution in [3.05, 3.63) is 89.7 Å². The van der Waals surface area contributed by atoms with Crippen LogP contribution in [0.4, 0.5) is 14.9 Å². The number of hydrogen-bond donors (Lipinski definition) is 0. The van der Waals surface area contributed by atoms with Gasteiger partial charge < -0.3 is 4.74 Å². The van der Waals surface area contributed by atoms with E-state index in [1.807, 2.05) is 48.3 Å². The Morgan fingerprint density at radius 2 is 1.74 bits per heavy atom. The number of hydrogen-bond acceptors (Lipinski definition) is 4. The predicted molar refractivity (Wildman–Crippen MR) is 131 cm³/mol. The molecule has 1 aliphatic heterocycles. The van der Waals surface area contributed by atoms with E-state index in [4.69, 9.17) is 4.74 Å². The quantitative estimate of drug-likeness (QED) is 0.293. The molecule has 1 unspecified atom stereocenters. The number of fused-ring (bicyclic) bond motifs is 1. The van der Waals surface area contributed by atoms with Gasteiger partial charge in [-0.2, -0.15) is 0 Å². The lowest BCUT2D eigenvalue weighted by molar-refractivity contribution is 0.0671. The zero-order chi connectivity index (χ0) is 24.1. The highest BCUT2D eigenvalue weighted by Gasteiger charge is 2.36. The summed E-state index contributed by atoms with van der Waals surface area (Å²) in [5, 5.41) is 3.30. The summed E-state index contributed by atoms with van der Waals surface area (Å²) in [5.41, 5.74) is 4.26. The Morgan fingerprint density at radius 3 is 2.44 bits per heavy atom. The van der Waals surface area contributed by atoms with Gasteiger partial charge in [-0.15, -0.1) is 0 Å². The van der Waals surface area contributed by atoms with Gasteiger partial charge in [0.15, 0.2) is 5.78 Å². The van der Waals surface area contributed by atoms with E-state index in [9.17, 15) is 14.0 Å². The molecule has 3 aromatic rings. The van der Waals surface area contributed by atoms with Crippen molar-refractivity contribution >= 4 is 17.6 Å². The number of unbranched alkanes of at least 4 members (excludes halogenated alkanes) is 1. The van der Waals surface area contributed by atoms with Crippen LogP contribution in [0.2, 0.25) is 0 Å². The number of benzene rings is 3. The Morgan fingerprint density at radius 1 is 1.03 bits per heavy atom. The standard InChI is InChI=1S/C28H29FN2O3/c1-3-4-18-34-28(33)31(20(2)27(32)23-8-6-5-7-9-23)30-17-16-22-10-11-24(19-26(22)30)21-12-14-25(29)15-13-21/h5-15,19-20H,3-4,16-18H2,1-2H3. The van der Waals surface area contributed by atoms with E-state index in [-0.39, 0.29) is 11.6 Å². The van der Waals surface area contributed by atoms with Crippen LogP contribution in [-0.4, -0.2) is 36.1 Å². The molecule has 1 amide bonds. The molecular weight excluding hydrogens is 431 g/mol. The molecule has 0 fully saturated rings. The third-order valence-electron chi connectivity index (χ3n) is 6.11. The van der Waals surface area contributed by atoms with Crippen LogP contribution >= 0.6 is 0 Å². The lowest BCUT2D eigenvalue weighted by Crippen LogP contribution is -2.54. The molecule has 0 radical (unpaired) electrons. The number of Topliss-reactive ketones (excluding diaryl/α,β-unsaturated/α-hetero) is 1. The molecule has 4 rings (SSSR count). The van der Waals surface area contributed by atoms with Crippen LogP contribution < -0.4 is 5.01 Å². The lowest BCUT2D eigenvalue weighted by Gasteiger charge is -2.36. The van der Waals surface area contributed by atoms with Gasteiger partial charge in [-0.3, -0.25) is 9.80 Å². The molecule has 0 N–H and O–H groups in total. The van der Waals surface area contributed by atoms with Gasteiger partial charge in [-0.1, -0.05) is 67.9 Å². The fourth-order valence-electron chi connectivity index (χ4n) is 4.20.